The van der Waals surface area contributed by atoms with E-state index in [2.05, 4.69) is 164 Å². The second kappa shape index (κ2) is 28.8. The Kier molecular flexibility index (Phi) is 17.8. The number of rotatable bonds is 15. The van der Waals surface area contributed by atoms with Crippen LogP contribution in [0, 0.1) is 36.0 Å². The number of carbonyl (C=O) groups excluding carboxylic acids is 3. The van der Waals surface area contributed by atoms with Crippen LogP contribution < -0.4 is 14.2 Å². The third kappa shape index (κ3) is 13.2. The van der Waals surface area contributed by atoms with Gasteiger partial charge in [0.25, 0.3) is 0 Å². The van der Waals surface area contributed by atoms with E-state index in [4.69, 9.17) is 42.4 Å². The summed E-state index contributed by atoms with van der Waals surface area (Å²) in [4.78, 5) is 57.5. The van der Waals surface area contributed by atoms with Gasteiger partial charge in [0.05, 0.1) is 36.3 Å². The quantitative estimate of drug-likeness (QED) is 0.0708. The molecule has 0 spiro atoms. The Morgan fingerprint density at radius 1 is 0.294 bits per heavy atom. The number of hydrogen-bond donors (Lipinski definition) is 0. The minimum absolute atomic E-state index is 0. The smallest absolute Gasteiger partial charge is 0.455 e. The van der Waals surface area contributed by atoms with Gasteiger partial charge in [-0.25, -0.2) is 0 Å². The molecule has 0 N–H and O–H groups in total. The van der Waals surface area contributed by atoms with Gasteiger partial charge in [-0.05, 0) is 106 Å². The summed E-state index contributed by atoms with van der Waals surface area (Å²) < 4.78 is 37.2. The van der Waals surface area contributed by atoms with Crippen LogP contribution in [0.15, 0.2) is 323 Å². The zero-order valence-corrected chi connectivity index (χ0v) is 60.5. The molecule has 0 saturated heterocycles. The monoisotopic (exact) mass is 1590 g/mol. The predicted molar refractivity (Wildman–Crippen MR) is 421 cm³/mol. The van der Waals surface area contributed by atoms with E-state index in [1.807, 2.05) is 109 Å². The van der Waals surface area contributed by atoms with E-state index in [0.717, 1.165) is 149 Å². The van der Waals surface area contributed by atoms with Gasteiger partial charge in [-0.15, -0.1) is 106 Å². The van der Waals surface area contributed by atoms with E-state index >= 15 is 0 Å². The summed E-state index contributed by atoms with van der Waals surface area (Å²) in [6, 6.07) is 106. The van der Waals surface area contributed by atoms with Crippen molar-refractivity contribution < 1.29 is 62.0 Å². The van der Waals surface area contributed by atoms with E-state index in [1.165, 1.54) is 18.6 Å². The first-order valence-electron chi connectivity index (χ1n) is 35.8. The number of pyridine rings is 3. The Labute approximate surface area is 639 Å². The third-order valence-corrected chi connectivity index (χ3v) is 20.6. The molecule has 18 aromatic rings. The van der Waals surface area contributed by atoms with Crippen LogP contribution in [0.5, 0.6) is 17.2 Å². The van der Waals surface area contributed by atoms with Crippen LogP contribution in [0.1, 0.15) is 19.3 Å². The molecule has 0 amide bonds. The Balaban J connectivity index is 0.00000836. The van der Waals surface area contributed by atoms with Crippen LogP contribution >= 0.6 is 0 Å². The van der Waals surface area contributed by atoms with Gasteiger partial charge in [0.2, 0.25) is 0 Å². The predicted octanol–water partition coefficient (Wildman–Crippen LogP) is 23.1. The van der Waals surface area contributed by atoms with Crippen molar-refractivity contribution in [1.29, 1.82) is 0 Å². The maximum atomic E-state index is 14.5. The van der Waals surface area contributed by atoms with E-state index in [1.54, 1.807) is 36.4 Å². The normalized spacial score (nSPS) is 14.3. The number of fused-ring (bicyclic) bond motifs is 9. The maximum absolute atomic E-state index is 14.5. The van der Waals surface area contributed by atoms with Crippen molar-refractivity contribution >= 4 is 83.7 Å². The first-order chi connectivity index (χ1) is 53.2. The van der Waals surface area contributed by atoms with Crippen LogP contribution in [-0.2, 0) is 34.5 Å². The van der Waals surface area contributed by atoms with Gasteiger partial charge in [0.1, 0.15) is 50.7 Å². The fourth-order valence-electron chi connectivity index (χ4n) is 15.1. The molecule has 12 nitrogen and oxygen atoms in total. The average molecular weight is 1590 g/mol. The zero-order chi connectivity index (χ0) is 72.2. The molecule has 0 atom stereocenters. The molecule has 0 bridgehead atoms. The summed E-state index contributed by atoms with van der Waals surface area (Å²) in [7, 11) is 0. The first kappa shape index (κ1) is 67.4. The fraction of sp³-hybridized carbons (Fsp3) is 0.0625. The number of furan rings is 3. The molecule has 13 heteroatoms. The molecule has 109 heavy (non-hydrogen) atoms. The van der Waals surface area contributed by atoms with Gasteiger partial charge >= 0.3 is 38.0 Å². The van der Waals surface area contributed by atoms with Crippen molar-refractivity contribution in [2.24, 2.45) is 17.8 Å². The van der Waals surface area contributed by atoms with Gasteiger partial charge in [-0.1, -0.05) is 200 Å². The molecule has 12 aromatic carbocycles. The van der Waals surface area contributed by atoms with Crippen LogP contribution in [-0.4, -0.2) is 32.9 Å². The second-order valence-electron chi connectivity index (χ2n) is 27.2. The molecule has 6 heterocycles. The summed E-state index contributed by atoms with van der Waals surface area (Å²) in [5.41, 5.74) is 21.3. The van der Waals surface area contributed by atoms with Gasteiger partial charge in [-0.2, -0.15) is 0 Å². The van der Waals surface area contributed by atoms with E-state index in [-0.39, 0.29) is 56.6 Å². The Hall–Kier alpha value is -13.5. The molecule has 1 aliphatic carbocycles. The van der Waals surface area contributed by atoms with E-state index in [0.29, 0.717) is 17.1 Å². The standard InChI is InChI=1S/C96H60N3O9.Ir/c100-94(103-73-43-46-85(97-55-73)67-16-7-13-64(49-67)58-31-37-61(38-32-58)76-22-10-25-82-79-19-1-4-28-88(79)106-91(76)82)70-52-71(95(101)104-74-44-47-86(98-56-74)68-17-8-14-65(50-68)59-33-39-62(40-34-59)77-23-11-26-83-80-20-2-5-29-89(80)107-92(77)83)54-72(53-70)96(102)105-75-45-48-87(99-57-75)69-18-9-15-66(51-69)60-35-41-63(42-36-60)78-24-12-27-84-81-21-3-6-30-90(81)108-93(78)84;/h1-15,19-51,55-57,70-72H,52-54H2;/q-3;+3. The fourth-order valence-corrected chi connectivity index (χ4v) is 15.1. The number of nitrogens with zero attached hydrogens (tertiary/aromatic N) is 3. The van der Waals surface area contributed by atoms with Crippen LogP contribution in [0.4, 0.5) is 0 Å². The number of carbonyl (C=O) groups is 3. The minimum atomic E-state index is -0.910. The van der Waals surface area contributed by atoms with Gasteiger partial charge < -0.3 is 42.4 Å². The van der Waals surface area contributed by atoms with Crippen molar-refractivity contribution in [3.05, 3.63) is 328 Å². The van der Waals surface area contributed by atoms with Gasteiger partial charge in [0.15, 0.2) is 0 Å². The SMILES string of the molecule is O=C(Oc1ccc(-c2[c-]ccc(-c3ccc(-c4cccc5c4oc4ccccc45)cc3)c2)nc1)C1CC(C(=O)Oc2ccc(-c3[c-]ccc(-c4ccc(-c5cccc6c5oc5ccccc56)cc4)c3)nc2)CC(C(=O)Oc2ccc(-c3[c-]ccc(-c4ccc(-c5cccc6c5oc5ccccc56)cc4)c3)nc2)C1.[Ir+3]. The van der Waals surface area contributed by atoms with Crippen molar-refractivity contribution in [3.8, 4) is 118 Å². The Bertz CT molecular complexity index is 5870. The number of para-hydroxylation sites is 6. The van der Waals surface area contributed by atoms with Crippen molar-refractivity contribution in [3.63, 3.8) is 0 Å². The average Bonchev–Trinajstić information content (AvgIpc) is 1.64. The van der Waals surface area contributed by atoms with Crippen molar-refractivity contribution in [1.82, 2.24) is 15.0 Å². The van der Waals surface area contributed by atoms with Crippen molar-refractivity contribution in [2.75, 3.05) is 0 Å². The number of benzene rings is 12. The van der Waals surface area contributed by atoms with Crippen LogP contribution in [0.3, 0.4) is 0 Å². The largest absolute Gasteiger partial charge is 3.00 e. The van der Waals surface area contributed by atoms with Crippen LogP contribution in [0.25, 0.3) is 166 Å². The summed E-state index contributed by atoms with van der Waals surface area (Å²) in [5, 5.41) is 6.47. The molecule has 0 unspecified atom stereocenters. The number of aromatic nitrogens is 3. The number of esters is 3. The summed E-state index contributed by atoms with van der Waals surface area (Å²) in [6.45, 7) is 0. The van der Waals surface area contributed by atoms with Gasteiger partial charge in [0, 0.05) is 49.0 Å². The molecule has 6 aromatic heterocycles. The summed E-state index contributed by atoms with van der Waals surface area (Å²) >= 11 is 0. The van der Waals surface area contributed by atoms with Crippen molar-refractivity contribution in [2.45, 2.75) is 19.3 Å². The zero-order valence-electron chi connectivity index (χ0n) is 58.1. The third-order valence-electron chi connectivity index (χ3n) is 20.6. The van der Waals surface area contributed by atoms with Crippen LogP contribution in [0.2, 0.25) is 0 Å². The molecule has 1 fully saturated rings. The molecule has 19 rings (SSSR count). The summed E-state index contributed by atoms with van der Waals surface area (Å²) in [5.74, 6) is -4.04. The molecular weight excluding hydrogens is 1530 g/mol. The first-order valence-corrected chi connectivity index (χ1v) is 35.8. The number of ether oxygens (including phenoxy) is 3. The number of hydrogen-bond acceptors (Lipinski definition) is 12. The maximum Gasteiger partial charge on any atom is 3.00 e. The molecule has 1 saturated carbocycles. The van der Waals surface area contributed by atoms with E-state index in [9.17, 15) is 14.4 Å². The Morgan fingerprint density at radius 2 is 0.569 bits per heavy atom. The van der Waals surface area contributed by atoms with Gasteiger partial charge in [-0.3, -0.25) is 14.4 Å². The minimum Gasteiger partial charge on any atom is -0.455 e. The molecule has 0 radical (unpaired) electrons. The molecular formula is C96H60IrN3O9. The Morgan fingerprint density at radius 3 is 0.853 bits per heavy atom. The second-order valence-corrected chi connectivity index (χ2v) is 27.2. The molecule has 1 aliphatic rings. The topological polar surface area (TPSA) is 157 Å². The summed E-state index contributed by atoms with van der Waals surface area (Å²) in [6.07, 6.45) is 4.60. The molecule has 522 valence electrons. The van der Waals surface area contributed by atoms with E-state index < -0.39 is 35.7 Å². The molecule has 0 aliphatic heterocycles.